The Balaban J connectivity index is 0.966. The van der Waals surface area contributed by atoms with Crippen LogP contribution in [0.3, 0.4) is 0 Å². The Labute approximate surface area is 369 Å². The molecule has 2 aromatic heterocycles. The Morgan fingerprint density at radius 1 is 0.234 bits per heavy atom. The summed E-state index contributed by atoms with van der Waals surface area (Å²) in [6.45, 7) is 0. The van der Waals surface area contributed by atoms with E-state index in [9.17, 15) is 0 Å². The minimum Gasteiger partial charge on any atom is -0.264 e. The predicted octanol–water partition coefficient (Wildman–Crippen LogP) is 15.6. The average Bonchev–Trinajstić information content (AvgIpc) is 3.37. The summed E-state index contributed by atoms with van der Waals surface area (Å²) >= 11 is 0. The topological polar surface area (TPSA) is 51.6 Å². The first kappa shape index (κ1) is 36.1. The maximum atomic E-state index is 5.13. The predicted molar refractivity (Wildman–Crippen MR) is 266 cm³/mol. The molecule has 0 atom stereocenters. The van der Waals surface area contributed by atoms with Crippen molar-refractivity contribution in [3.05, 3.63) is 219 Å². The van der Waals surface area contributed by atoms with Gasteiger partial charge in [0.1, 0.15) is 0 Å². The number of pyridine rings is 1. The van der Waals surface area contributed by atoms with Crippen LogP contribution in [0, 0.1) is 0 Å². The lowest BCUT2D eigenvalue weighted by Gasteiger charge is -2.17. The molecule has 0 fully saturated rings. The minimum absolute atomic E-state index is 0.615. The maximum Gasteiger partial charge on any atom is 0.164 e. The zero-order valence-corrected chi connectivity index (χ0v) is 34.6. The molecule has 0 amide bonds. The van der Waals surface area contributed by atoms with Crippen LogP contribution in [0.2, 0.25) is 0 Å². The molecule has 0 aliphatic heterocycles. The quantitative estimate of drug-likeness (QED) is 0.157. The van der Waals surface area contributed by atoms with Gasteiger partial charge in [-0.05, 0) is 129 Å². The van der Waals surface area contributed by atoms with E-state index in [0.717, 1.165) is 44.5 Å². The van der Waals surface area contributed by atoms with Crippen molar-refractivity contribution in [1.29, 1.82) is 0 Å². The van der Waals surface area contributed by atoms with Crippen LogP contribution in [0.25, 0.3) is 132 Å². The van der Waals surface area contributed by atoms with E-state index in [2.05, 4.69) is 169 Å². The molecule has 0 aliphatic carbocycles. The van der Waals surface area contributed by atoms with E-state index in [1.54, 1.807) is 6.20 Å². The van der Waals surface area contributed by atoms with Crippen molar-refractivity contribution < 1.29 is 0 Å². The Morgan fingerprint density at radius 3 is 1.19 bits per heavy atom. The van der Waals surface area contributed by atoms with Crippen LogP contribution < -0.4 is 0 Å². The Hall–Kier alpha value is -8.60. The van der Waals surface area contributed by atoms with Gasteiger partial charge in [-0.3, -0.25) is 4.98 Å². The summed E-state index contributed by atoms with van der Waals surface area (Å²) in [5.41, 5.74) is 9.38. The SMILES string of the molecule is c1ccc(-c2nc(-c3cccc(-c4cccnc4)c3)nc(-c3cccc(-c4cccc(-c5cc6ccc7cccc8c9cccc%10ccc%11cccc(c(c5)c6c78)c%11c%109)c4)c3)n2)cc1. The van der Waals surface area contributed by atoms with Crippen molar-refractivity contribution in [2.75, 3.05) is 0 Å². The number of aromatic nitrogens is 4. The third kappa shape index (κ3) is 5.92. The smallest absolute Gasteiger partial charge is 0.164 e. The molecule has 0 aliphatic rings. The molecule has 4 heteroatoms. The van der Waals surface area contributed by atoms with Crippen LogP contribution in [0.4, 0.5) is 0 Å². The van der Waals surface area contributed by atoms with Gasteiger partial charge in [0.25, 0.3) is 0 Å². The second kappa shape index (κ2) is 14.5. The van der Waals surface area contributed by atoms with Crippen molar-refractivity contribution in [2.24, 2.45) is 0 Å². The van der Waals surface area contributed by atoms with Crippen LogP contribution in [0.5, 0.6) is 0 Å². The van der Waals surface area contributed by atoms with Gasteiger partial charge in [0, 0.05) is 34.6 Å². The summed E-state index contributed by atoms with van der Waals surface area (Å²) in [5, 5.41) is 15.3. The standard InChI is InChI=1S/C60H36N4/c1-2-11-40(12-3-1)58-62-59(64-60(63-58)47-21-6-18-43(33-47)48-22-10-30-61-36-48)46-20-5-17-42(32-46)41-16-4-19-44(31-41)49-34-45-29-28-39-14-8-24-51-50-23-7-13-37-26-27-38-15-9-25-52(56(38)54(37)50)53(35-49)57(45)55(39)51/h1-36H. The van der Waals surface area contributed by atoms with Crippen LogP contribution in [0.1, 0.15) is 0 Å². The summed E-state index contributed by atoms with van der Waals surface area (Å²) in [5.74, 6) is 1.86. The van der Waals surface area contributed by atoms with Gasteiger partial charge in [-0.25, -0.2) is 15.0 Å². The first-order valence-corrected chi connectivity index (χ1v) is 21.7. The zero-order valence-electron chi connectivity index (χ0n) is 34.6. The molecule has 4 nitrogen and oxygen atoms in total. The second-order valence-corrected chi connectivity index (χ2v) is 16.6. The maximum absolute atomic E-state index is 5.13. The second-order valence-electron chi connectivity index (χ2n) is 16.6. The van der Waals surface area contributed by atoms with Crippen LogP contribution in [0.15, 0.2) is 219 Å². The number of nitrogens with zero attached hydrogens (tertiary/aromatic N) is 4. The molecule has 0 bridgehead atoms. The Bertz CT molecular complexity index is 3950. The molecule has 0 radical (unpaired) electrons. The number of fused-ring (bicyclic) bond motifs is 2. The van der Waals surface area contributed by atoms with Gasteiger partial charge in [0.2, 0.25) is 0 Å². The highest BCUT2D eigenvalue weighted by atomic mass is 15.0. The van der Waals surface area contributed by atoms with Gasteiger partial charge >= 0.3 is 0 Å². The number of benzene rings is 10. The van der Waals surface area contributed by atoms with Crippen LogP contribution >= 0.6 is 0 Å². The normalized spacial score (nSPS) is 11.8. The molecular formula is C60H36N4. The molecule has 0 spiro atoms. The molecule has 11 aromatic carbocycles. The fourth-order valence-electron chi connectivity index (χ4n) is 9.89. The third-order valence-electron chi connectivity index (χ3n) is 12.9. The monoisotopic (exact) mass is 812 g/mol. The van der Waals surface area contributed by atoms with Crippen molar-refractivity contribution in [3.63, 3.8) is 0 Å². The van der Waals surface area contributed by atoms with Gasteiger partial charge in [-0.1, -0.05) is 170 Å². The summed E-state index contributed by atoms with van der Waals surface area (Å²) < 4.78 is 0. The first-order chi connectivity index (χ1) is 31.7. The first-order valence-electron chi connectivity index (χ1n) is 21.7. The lowest BCUT2D eigenvalue weighted by atomic mass is 9.86. The van der Waals surface area contributed by atoms with E-state index < -0.39 is 0 Å². The summed E-state index contributed by atoms with van der Waals surface area (Å²) in [4.78, 5) is 19.6. The molecule has 296 valence electrons. The van der Waals surface area contributed by atoms with E-state index in [0.29, 0.717) is 17.5 Å². The van der Waals surface area contributed by atoms with E-state index >= 15 is 0 Å². The van der Waals surface area contributed by atoms with Crippen LogP contribution in [-0.2, 0) is 0 Å². The van der Waals surface area contributed by atoms with Crippen molar-refractivity contribution in [2.45, 2.75) is 0 Å². The lowest BCUT2D eigenvalue weighted by Crippen LogP contribution is -2.00. The van der Waals surface area contributed by atoms with E-state index in [4.69, 9.17) is 15.0 Å². The van der Waals surface area contributed by atoms with Gasteiger partial charge < -0.3 is 0 Å². The van der Waals surface area contributed by atoms with E-state index in [-0.39, 0.29) is 0 Å². The highest BCUT2D eigenvalue weighted by Crippen LogP contribution is 2.45. The van der Waals surface area contributed by atoms with Crippen molar-refractivity contribution in [3.8, 4) is 67.5 Å². The Kier molecular flexibility index (Phi) is 8.18. The zero-order chi connectivity index (χ0) is 42.1. The number of hydrogen-bond donors (Lipinski definition) is 0. The van der Waals surface area contributed by atoms with Gasteiger partial charge in [0.05, 0.1) is 0 Å². The van der Waals surface area contributed by atoms with Gasteiger partial charge in [0.15, 0.2) is 17.5 Å². The Morgan fingerprint density at radius 2 is 0.641 bits per heavy atom. The van der Waals surface area contributed by atoms with Crippen molar-refractivity contribution >= 4 is 64.6 Å². The fourth-order valence-corrected chi connectivity index (χ4v) is 9.89. The molecule has 0 N–H and O–H groups in total. The van der Waals surface area contributed by atoms with Gasteiger partial charge in [-0.15, -0.1) is 0 Å². The van der Waals surface area contributed by atoms with Crippen molar-refractivity contribution in [1.82, 2.24) is 19.9 Å². The lowest BCUT2D eigenvalue weighted by molar-refractivity contribution is 1.07. The minimum atomic E-state index is 0.615. The fraction of sp³-hybridized carbons (Fsp3) is 0. The molecular weight excluding hydrogens is 777 g/mol. The summed E-state index contributed by atoms with van der Waals surface area (Å²) in [6.07, 6.45) is 3.67. The van der Waals surface area contributed by atoms with Gasteiger partial charge in [-0.2, -0.15) is 0 Å². The van der Waals surface area contributed by atoms with E-state index in [1.807, 2.05) is 48.7 Å². The number of hydrogen-bond acceptors (Lipinski definition) is 4. The highest BCUT2D eigenvalue weighted by Gasteiger charge is 2.18. The molecule has 0 unspecified atom stereocenters. The highest BCUT2D eigenvalue weighted by molar-refractivity contribution is 6.37. The molecule has 13 aromatic rings. The summed E-state index contributed by atoms with van der Waals surface area (Å²) in [6, 6.07) is 74.2. The average molecular weight is 813 g/mol. The molecule has 13 rings (SSSR count). The largest absolute Gasteiger partial charge is 0.264 e. The molecule has 0 saturated carbocycles. The number of rotatable bonds is 6. The van der Waals surface area contributed by atoms with Crippen LogP contribution in [-0.4, -0.2) is 19.9 Å². The van der Waals surface area contributed by atoms with E-state index in [1.165, 1.54) is 70.2 Å². The molecule has 64 heavy (non-hydrogen) atoms. The molecule has 0 saturated heterocycles. The summed E-state index contributed by atoms with van der Waals surface area (Å²) in [7, 11) is 0. The third-order valence-corrected chi connectivity index (χ3v) is 12.9. The molecule has 2 heterocycles.